The van der Waals surface area contributed by atoms with E-state index in [0.29, 0.717) is 6.54 Å². The average Bonchev–Trinajstić information content (AvgIpc) is 2.62. The fourth-order valence-electron chi connectivity index (χ4n) is 1.26. The number of hydrogen-bond donors (Lipinski definition) is 1. The highest BCUT2D eigenvalue weighted by molar-refractivity contribution is 9.11. The minimum absolute atomic E-state index is 0.0261. The van der Waals surface area contributed by atoms with E-state index in [1.54, 1.807) is 11.1 Å². The van der Waals surface area contributed by atoms with Crippen molar-refractivity contribution in [3.8, 4) is 0 Å². The lowest BCUT2D eigenvalue weighted by atomic mass is 10.3. The Balaban J connectivity index is 2.23. The molecule has 1 aromatic rings. The Labute approximate surface area is 87.9 Å². The third-order valence-electron chi connectivity index (χ3n) is 1.94. The molecule has 6 heteroatoms. The molecule has 0 aliphatic carbocycles. The SMILES string of the molecule is N[C@H]1CCN(c2ncc(Br)s2)C1=O. The zero-order valence-electron chi connectivity index (χ0n) is 6.74. The second-order valence-corrected chi connectivity index (χ2v) is 5.22. The van der Waals surface area contributed by atoms with Crippen molar-refractivity contribution in [3.63, 3.8) is 0 Å². The predicted molar refractivity (Wildman–Crippen MR) is 54.8 cm³/mol. The molecule has 0 radical (unpaired) electrons. The van der Waals surface area contributed by atoms with Crippen LogP contribution < -0.4 is 10.6 Å². The summed E-state index contributed by atoms with van der Waals surface area (Å²) in [5.41, 5.74) is 5.59. The van der Waals surface area contributed by atoms with Crippen LogP contribution in [-0.4, -0.2) is 23.5 Å². The Morgan fingerprint density at radius 2 is 2.54 bits per heavy atom. The van der Waals surface area contributed by atoms with Gasteiger partial charge in [0.25, 0.3) is 0 Å². The predicted octanol–water partition coefficient (Wildman–Crippen LogP) is 0.970. The van der Waals surface area contributed by atoms with Crippen LogP contribution in [0.2, 0.25) is 0 Å². The highest BCUT2D eigenvalue weighted by atomic mass is 79.9. The largest absolute Gasteiger partial charge is 0.320 e. The third-order valence-corrected chi connectivity index (χ3v) is 3.44. The van der Waals surface area contributed by atoms with Gasteiger partial charge < -0.3 is 5.73 Å². The van der Waals surface area contributed by atoms with Gasteiger partial charge in [-0.05, 0) is 22.4 Å². The number of carbonyl (C=O) groups is 1. The van der Waals surface area contributed by atoms with E-state index < -0.39 is 0 Å². The summed E-state index contributed by atoms with van der Waals surface area (Å²) in [6, 6.07) is -0.345. The molecule has 2 N–H and O–H groups in total. The first-order valence-electron chi connectivity index (χ1n) is 3.87. The molecule has 0 unspecified atom stereocenters. The molecule has 1 aliphatic rings. The van der Waals surface area contributed by atoms with Crippen molar-refractivity contribution in [2.45, 2.75) is 12.5 Å². The van der Waals surface area contributed by atoms with Crippen LogP contribution in [0.15, 0.2) is 9.98 Å². The quantitative estimate of drug-likeness (QED) is 0.820. The minimum atomic E-state index is -0.345. The second-order valence-electron chi connectivity index (χ2n) is 2.83. The first-order valence-corrected chi connectivity index (χ1v) is 5.48. The van der Waals surface area contributed by atoms with Crippen molar-refractivity contribution in [2.24, 2.45) is 5.73 Å². The highest BCUT2D eigenvalue weighted by Crippen LogP contribution is 2.29. The van der Waals surface area contributed by atoms with Crippen LogP contribution in [0.5, 0.6) is 0 Å². The molecule has 13 heavy (non-hydrogen) atoms. The number of halogens is 1. The van der Waals surface area contributed by atoms with E-state index >= 15 is 0 Å². The normalized spacial score (nSPS) is 22.8. The first-order chi connectivity index (χ1) is 6.18. The Hall–Kier alpha value is -0.460. The minimum Gasteiger partial charge on any atom is -0.320 e. The van der Waals surface area contributed by atoms with Crippen molar-refractivity contribution < 1.29 is 4.79 Å². The van der Waals surface area contributed by atoms with Gasteiger partial charge in [-0.15, -0.1) is 0 Å². The summed E-state index contributed by atoms with van der Waals surface area (Å²) >= 11 is 4.75. The Bertz CT molecular complexity index is 340. The maximum absolute atomic E-state index is 11.5. The lowest BCUT2D eigenvalue weighted by molar-refractivity contribution is -0.118. The number of amides is 1. The summed E-state index contributed by atoms with van der Waals surface area (Å²) in [6.07, 6.45) is 2.41. The summed E-state index contributed by atoms with van der Waals surface area (Å²) in [5.74, 6) is -0.0261. The van der Waals surface area contributed by atoms with E-state index in [2.05, 4.69) is 20.9 Å². The smallest absolute Gasteiger partial charge is 0.245 e. The maximum Gasteiger partial charge on any atom is 0.245 e. The summed E-state index contributed by atoms with van der Waals surface area (Å²) in [6.45, 7) is 0.681. The van der Waals surface area contributed by atoms with Crippen LogP contribution in [-0.2, 0) is 4.79 Å². The van der Waals surface area contributed by atoms with Gasteiger partial charge in [0.1, 0.15) is 0 Å². The van der Waals surface area contributed by atoms with Crippen LogP contribution in [0, 0.1) is 0 Å². The molecule has 0 aromatic carbocycles. The molecule has 1 fully saturated rings. The van der Waals surface area contributed by atoms with Crippen LogP contribution >= 0.6 is 27.3 Å². The number of nitrogens with two attached hydrogens (primary N) is 1. The number of aromatic nitrogens is 1. The summed E-state index contributed by atoms with van der Waals surface area (Å²) in [7, 11) is 0. The van der Waals surface area contributed by atoms with Crippen molar-refractivity contribution in [2.75, 3.05) is 11.4 Å². The number of carbonyl (C=O) groups excluding carboxylic acids is 1. The molecular weight excluding hydrogens is 254 g/mol. The third kappa shape index (κ3) is 1.61. The van der Waals surface area contributed by atoms with Crippen molar-refractivity contribution >= 4 is 38.3 Å². The molecule has 1 saturated heterocycles. The molecule has 2 heterocycles. The molecule has 0 spiro atoms. The zero-order valence-corrected chi connectivity index (χ0v) is 9.14. The Morgan fingerprint density at radius 1 is 1.77 bits per heavy atom. The van der Waals surface area contributed by atoms with Gasteiger partial charge in [0.15, 0.2) is 5.13 Å². The highest BCUT2D eigenvalue weighted by Gasteiger charge is 2.31. The van der Waals surface area contributed by atoms with E-state index in [4.69, 9.17) is 5.73 Å². The monoisotopic (exact) mass is 261 g/mol. The van der Waals surface area contributed by atoms with E-state index in [-0.39, 0.29) is 11.9 Å². The van der Waals surface area contributed by atoms with E-state index in [1.807, 2.05) is 0 Å². The molecule has 1 aliphatic heterocycles. The van der Waals surface area contributed by atoms with E-state index in [1.165, 1.54) is 11.3 Å². The van der Waals surface area contributed by atoms with Gasteiger partial charge in [-0.1, -0.05) is 11.3 Å². The van der Waals surface area contributed by atoms with Gasteiger partial charge in [0.05, 0.1) is 16.0 Å². The molecule has 0 bridgehead atoms. The number of nitrogens with zero attached hydrogens (tertiary/aromatic N) is 2. The summed E-state index contributed by atoms with van der Waals surface area (Å²) < 4.78 is 0.927. The van der Waals surface area contributed by atoms with Crippen LogP contribution in [0.25, 0.3) is 0 Å². The van der Waals surface area contributed by atoms with Gasteiger partial charge in [0, 0.05) is 6.54 Å². The molecule has 1 atom stereocenters. The zero-order chi connectivity index (χ0) is 9.42. The first kappa shape index (κ1) is 9.11. The number of anilines is 1. The molecule has 2 rings (SSSR count). The van der Waals surface area contributed by atoms with Crippen LogP contribution in [0.4, 0.5) is 5.13 Å². The maximum atomic E-state index is 11.5. The topological polar surface area (TPSA) is 59.2 Å². The van der Waals surface area contributed by atoms with Gasteiger partial charge in [0.2, 0.25) is 5.91 Å². The number of hydrogen-bond acceptors (Lipinski definition) is 4. The number of rotatable bonds is 1. The van der Waals surface area contributed by atoms with Crippen LogP contribution in [0.3, 0.4) is 0 Å². The van der Waals surface area contributed by atoms with Gasteiger partial charge in [-0.25, -0.2) is 4.98 Å². The van der Waals surface area contributed by atoms with Crippen molar-refractivity contribution in [1.29, 1.82) is 0 Å². The fourth-order valence-corrected chi connectivity index (χ4v) is 2.48. The lowest BCUT2D eigenvalue weighted by Crippen LogP contribution is -2.33. The molecule has 1 amide bonds. The fraction of sp³-hybridized carbons (Fsp3) is 0.429. The Kier molecular flexibility index (Phi) is 2.35. The van der Waals surface area contributed by atoms with Crippen molar-refractivity contribution in [3.05, 3.63) is 9.98 Å². The van der Waals surface area contributed by atoms with E-state index in [0.717, 1.165) is 15.3 Å². The van der Waals surface area contributed by atoms with Crippen molar-refractivity contribution in [1.82, 2.24) is 4.98 Å². The molecule has 4 nitrogen and oxygen atoms in total. The van der Waals surface area contributed by atoms with Gasteiger partial charge in [-0.3, -0.25) is 9.69 Å². The number of thiazole rings is 1. The molecule has 70 valence electrons. The second kappa shape index (κ2) is 3.36. The summed E-state index contributed by atoms with van der Waals surface area (Å²) in [5, 5.41) is 0.727. The van der Waals surface area contributed by atoms with E-state index in [9.17, 15) is 4.79 Å². The van der Waals surface area contributed by atoms with Gasteiger partial charge >= 0.3 is 0 Å². The van der Waals surface area contributed by atoms with Crippen LogP contribution in [0.1, 0.15) is 6.42 Å². The standard InChI is InChI=1S/C7H8BrN3OS/c8-5-3-10-7(13-5)11-2-1-4(9)6(11)12/h3-4H,1-2,9H2/t4-/m0/s1. The van der Waals surface area contributed by atoms with Gasteiger partial charge in [-0.2, -0.15) is 0 Å². The molecular formula is C7H8BrN3OS. The Morgan fingerprint density at radius 3 is 3.00 bits per heavy atom. The molecule has 1 aromatic heterocycles. The molecule has 0 saturated carbocycles. The summed E-state index contributed by atoms with van der Waals surface area (Å²) in [4.78, 5) is 17.2. The average molecular weight is 262 g/mol. The lowest BCUT2D eigenvalue weighted by Gasteiger charge is -2.10.